The number of nitrogens with one attached hydrogen (secondary N) is 1. The molecule has 1 aromatic rings. The van der Waals surface area contributed by atoms with Crippen molar-refractivity contribution in [1.29, 1.82) is 0 Å². The van der Waals surface area contributed by atoms with E-state index in [-0.39, 0.29) is 0 Å². The van der Waals surface area contributed by atoms with Gasteiger partial charge in [-0.25, -0.2) is 14.6 Å². The lowest BCUT2D eigenvalue weighted by Crippen LogP contribution is -2.47. The molecule has 0 fully saturated rings. The molecule has 0 aliphatic rings. The summed E-state index contributed by atoms with van der Waals surface area (Å²) in [5, 5.41) is 2.46. The summed E-state index contributed by atoms with van der Waals surface area (Å²) in [7, 11) is 0. The average Bonchev–Trinajstić information content (AvgIpc) is 2.75. The van der Waals surface area contributed by atoms with Crippen LogP contribution in [-0.4, -0.2) is 37.8 Å². The lowest BCUT2D eigenvalue weighted by molar-refractivity contribution is -0.146. The van der Waals surface area contributed by atoms with E-state index >= 15 is 0 Å². The Morgan fingerprint density at radius 2 is 2.16 bits per heavy atom. The fourth-order valence-electron chi connectivity index (χ4n) is 1.08. The highest BCUT2D eigenvalue weighted by atomic mass is 127. The second-order valence-corrected chi connectivity index (χ2v) is 5.57. The number of hydrogen-bond donors (Lipinski definition) is 1. The highest BCUT2D eigenvalue weighted by Crippen LogP contribution is 2.07. The molecular formula is C11H16IN3O4. The Bertz CT molecular complexity index is 428. The Labute approximate surface area is 124 Å². The van der Waals surface area contributed by atoms with Gasteiger partial charge in [0.25, 0.3) is 0 Å². The molecule has 1 rings (SSSR count). The van der Waals surface area contributed by atoms with Crippen molar-refractivity contribution < 1.29 is 19.2 Å². The molecule has 1 atom stereocenters. The number of ether oxygens (including phenoxy) is 1. The van der Waals surface area contributed by atoms with Gasteiger partial charge in [0.05, 0.1) is 6.20 Å². The second kappa shape index (κ2) is 6.73. The van der Waals surface area contributed by atoms with Gasteiger partial charge in [-0.1, -0.05) is 22.6 Å². The van der Waals surface area contributed by atoms with Gasteiger partial charge in [0.2, 0.25) is 0 Å². The molecule has 8 heteroatoms. The third-order valence-corrected chi connectivity index (χ3v) is 2.69. The van der Waals surface area contributed by atoms with Gasteiger partial charge in [-0.2, -0.15) is 4.73 Å². The molecular weight excluding hydrogens is 365 g/mol. The summed E-state index contributed by atoms with van der Waals surface area (Å²) in [6, 6.07) is -0.780. The fraction of sp³-hybridized carbons (Fsp3) is 0.545. The average molecular weight is 381 g/mol. The van der Waals surface area contributed by atoms with Crippen LogP contribution in [0.2, 0.25) is 0 Å². The summed E-state index contributed by atoms with van der Waals surface area (Å²) in [5.41, 5.74) is -0.617. The Morgan fingerprint density at radius 1 is 1.47 bits per heavy atom. The number of aromatic nitrogens is 2. The molecule has 1 amide bonds. The van der Waals surface area contributed by atoms with Crippen molar-refractivity contribution >= 4 is 34.7 Å². The lowest BCUT2D eigenvalue weighted by atomic mass is 10.2. The highest BCUT2D eigenvalue weighted by molar-refractivity contribution is 14.1. The molecule has 7 nitrogen and oxygen atoms in total. The molecule has 1 heterocycles. The standard InChI is InChI=1S/C11H16IN3O4/c1-11(2,3)18-10(17)14-8(6-12)9(16)19-15-5-4-13-7-15/h4-5,7-8H,6H2,1-3H3,(H,14,17)/t8-/m0/s1. The normalized spacial score (nSPS) is 12.6. The first-order valence-electron chi connectivity index (χ1n) is 5.57. The zero-order valence-electron chi connectivity index (χ0n) is 10.9. The molecule has 0 aromatic carbocycles. The monoisotopic (exact) mass is 381 g/mol. The quantitative estimate of drug-likeness (QED) is 0.626. The molecule has 0 radical (unpaired) electrons. The highest BCUT2D eigenvalue weighted by Gasteiger charge is 2.25. The molecule has 0 aliphatic heterocycles. The zero-order valence-corrected chi connectivity index (χ0v) is 13.1. The number of hydrogen-bond acceptors (Lipinski definition) is 5. The largest absolute Gasteiger partial charge is 0.444 e. The summed E-state index contributed by atoms with van der Waals surface area (Å²) in [5.74, 6) is -0.585. The van der Waals surface area contributed by atoms with Crippen LogP contribution in [0.5, 0.6) is 0 Å². The minimum atomic E-state index is -0.780. The van der Waals surface area contributed by atoms with Gasteiger partial charge in [-0.05, 0) is 20.8 Å². The molecule has 0 aliphatic carbocycles. The molecule has 106 valence electrons. The lowest BCUT2D eigenvalue weighted by Gasteiger charge is -2.21. The molecule has 0 spiro atoms. The Morgan fingerprint density at radius 3 is 2.63 bits per heavy atom. The molecule has 0 bridgehead atoms. The summed E-state index contributed by atoms with van der Waals surface area (Å²) < 4.78 is 6.61. The SMILES string of the molecule is CC(C)(C)OC(=O)N[C@@H](CI)C(=O)On1ccnc1. The first-order valence-corrected chi connectivity index (χ1v) is 7.10. The summed E-state index contributed by atoms with van der Waals surface area (Å²) in [6.45, 7) is 5.24. The van der Waals surface area contributed by atoms with Crippen molar-refractivity contribution in [2.45, 2.75) is 32.4 Å². The van der Waals surface area contributed by atoms with E-state index in [0.29, 0.717) is 4.43 Å². The predicted octanol–water partition coefficient (Wildman–Crippen LogP) is 1.17. The van der Waals surface area contributed by atoms with Gasteiger partial charge >= 0.3 is 12.1 Å². The van der Waals surface area contributed by atoms with E-state index in [1.54, 1.807) is 20.8 Å². The van der Waals surface area contributed by atoms with Crippen LogP contribution in [0.4, 0.5) is 4.79 Å². The first kappa shape index (κ1) is 15.7. The van der Waals surface area contributed by atoms with Crippen LogP contribution in [0.3, 0.4) is 0 Å². The van der Waals surface area contributed by atoms with E-state index < -0.39 is 23.7 Å². The summed E-state index contributed by atoms with van der Waals surface area (Å²) in [4.78, 5) is 32.1. The number of imidazole rings is 1. The van der Waals surface area contributed by atoms with Gasteiger partial charge < -0.3 is 14.9 Å². The van der Waals surface area contributed by atoms with Crippen LogP contribution in [0, 0.1) is 0 Å². The fourth-order valence-corrected chi connectivity index (χ4v) is 1.66. The molecule has 0 saturated carbocycles. The molecule has 0 unspecified atom stereocenters. The molecule has 1 aromatic heterocycles. The van der Waals surface area contributed by atoms with Crippen LogP contribution < -0.4 is 10.2 Å². The maximum Gasteiger partial charge on any atom is 0.408 e. The zero-order chi connectivity index (χ0) is 14.5. The summed E-state index contributed by atoms with van der Waals surface area (Å²) >= 11 is 1.98. The van der Waals surface area contributed by atoms with Gasteiger partial charge in [-0.3, -0.25) is 0 Å². The van der Waals surface area contributed by atoms with E-state index in [1.165, 1.54) is 23.5 Å². The van der Waals surface area contributed by atoms with Crippen molar-refractivity contribution in [1.82, 2.24) is 15.0 Å². The van der Waals surface area contributed by atoms with E-state index in [4.69, 9.17) is 9.57 Å². The Hall–Kier alpha value is -1.32. The van der Waals surface area contributed by atoms with Gasteiger partial charge in [-0.15, -0.1) is 0 Å². The van der Waals surface area contributed by atoms with Crippen molar-refractivity contribution in [3.8, 4) is 0 Å². The van der Waals surface area contributed by atoms with Crippen LogP contribution in [0.25, 0.3) is 0 Å². The minimum Gasteiger partial charge on any atom is -0.444 e. The van der Waals surface area contributed by atoms with Crippen LogP contribution in [0.1, 0.15) is 20.8 Å². The maximum absolute atomic E-state index is 11.8. The number of alkyl halides is 1. The number of amides is 1. The summed E-state index contributed by atoms with van der Waals surface area (Å²) in [6.07, 6.45) is 3.65. The van der Waals surface area contributed by atoms with Crippen LogP contribution in [-0.2, 0) is 9.53 Å². The molecule has 1 N–H and O–H groups in total. The van der Waals surface area contributed by atoms with Crippen LogP contribution in [0.15, 0.2) is 18.7 Å². The second-order valence-electron chi connectivity index (χ2n) is 4.69. The third-order valence-electron chi connectivity index (χ3n) is 1.81. The van der Waals surface area contributed by atoms with Crippen molar-refractivity contribution in [3.63, 3.8) is 0 Å². The van der Waals surface area contributed by atoms with E-state index in [1.807, 2.05) is 22.6 Å². The van der Waals surface area contributed by atoms with Crippen LogP contribution >= 0.6 is 22.6 Å². The van der Waals surface area contributed by atoms with E-state index in [0.717, 1.165) is 0 Å². The topological polar surface area (TPSA) is 82.5 Å². The van der Waals surface area contributed by atoms with E-state index in [2.05, 4.69) is 10.3 Å². The van der Waals surface area contributed by atoms with Crippen molar-refractivity contribution in [3.05, 3.63) is 18.7 Å². The number of rotatable bonds is 4. The predicted molar refractivity (Wildman–Crippen MR) is 75.9 cm³/mol. The number of halogens is 1. The number of carbonyl (C=O) groups is 2. The van der Waals surface area contributed by atoms with Gasteiger partial charge in [0.15, 0.2) is 0 Å². The maximum atomic E-state index is 11.8. The van der Waals surface area contributed by atoms with Gasteiger partial charge in [0.1, 0.15) is 18.0 Å². The Balaban J connectivity index is 2.53. The molecule has 19 heavy (non-hydrogen) atoms. The van der Waals surface area contributed by atoms with E-state index in [9.17, 15) is 9.59 Å². The number of alkyl carbamates (subject to hydrolysis) is 1. The van der Waals surface area contributed by atoms with Gasteiger partial charge in [0, 0.05) is 10.6 Å². The smallest absolute Gasteiger partial charge is 0.408 e. The number of carbonyl (C=O) groups excluding carboxylic acids is 2. The molecule has 0 saturated heterocycles. The third kappa shape index (κ3) is 5.90. The first-order chi connectivity index (χ1) is 8.81. The Kier molecular flexibility index (Phi) is 5.58. The van der Waals surface area contributed by atoms with Crippen molar-refractivity contribution in [2.75, 3.05) is 4.43 Å². The van der Waals surface area contributed by atoms with Crippen molar-refractivity contribution in [2.24, 2.45) is 0 Å². The minimum absolute atomic E-state index is 0.366. The number of nitrogens with zero attached hydrogens (tertiary/aromatic N) is 2.